The Hall–Kier alpha value is -5.67. The molecule has 49 heavy (non-hydrogen) atoms. The molecule has 1 atom stereocenters. The quantitative estimate of drug-likeness (QED) is 0.0622. The van der Waals surface area contributed by atoms with Crippen LogP contribution in [0.3, 0.4) is 0 Å². The number of anilines is 2. The highest BCUT2D eigenvalue weighted by Crippen LogP contribution is 2.37. The van der Waals surface area contributed by atoms with Crippen molar-refractivity contribution in [3.05, 3.63) is 162 Å². The number of amides is 3. The SMILES string of the molecule is CCCCOc1ccc(NC(=O)C(Sc2ccc(NC(=O)/C(=C/c3ccccc3F)NC(=O)c3ccccc3)cc2)c2ccccc2)cc1. The average molecular weight is 674 g/mol. The van der Waals surface area contributed by atoms with E-state index in [0.29, 0.717) is 23.5 Å². The van der Waals surface area contributed by atoms with Crippen molar-refractivity contribution in [3.63, 3.8) is 0 Å². The molecule has 5 rings (SSSR count). The summed E-state index contributed by atoms with van der Waals surface area (Å²) in [7, 11) is 0. The molecule has 0 bridgehead atoms. The normalized spacial score (nSPS) is 11.7. The highest BCUT2D eigenvalue weighted by Gasteiger charge is 2.23. The first-order valence-electron chi connectivity index (χ1n) is 15.9. The van der Waals surface area contributed by atoms with Crippen molar-refractivity contribution in [2.24, 2.45) is 0 Å². The van der Waals surface area contributed by atoms with Crippen LogP contribution in [0.5, 0.6) is 5.75 Å². The van der Waals surface area contributed by atoms with E-state index >= 15 is 0 Å². The Bertz CT molecular complexity index is 1880. The van der Waals surface area contributed by atoms with Gasteiger partial charge in [-0.15, -0.1) is 11.8 Å². The molecule has 0 aliphatic heterocycles. The third kappa shape index (κ3) is 10.2. The number of ether oxygens (including phenoxy) is 1. The number of hydrogen-bond acceptors (Lipinski definition) is 5. The molecule has 3 N–H and O–H groups in total. The van der Waals surface area contributed by atoms with Gasteiger partial charge in [0.2, 0.25) is 5.91 Å². The number of halogens is 1. The summed E-state index contributed by atoms with van der Waals surface area (Å²) in [6.07, 6.45) is 3.32. The van der Waals surface area contributed by atoms with Gasteiger partial charge in [0.15, 0.2) is 0 Å². The molecule has 0 heterocycles. The van der Waals surface area contributed by atoms with Gasteiger partial charge >= 0.3 is 0 Å². The van der Waals surface area contributed by atoms with E-state index < -0.39 is 22.9 Å². The van der Waals surface area contributed by atoms with Crippen molar-refractivity contribution < 1.29 is 23.5 Å². The molecule has 1 unspecified atom stereocenters. The molecule has 0 saturated carbocycles. The molecule has 0 saturated heterocycles. The first kappa shape index (κ1) is 34.7. The van der Waals surface area contributed by atoms with Crippen molar-refractivity contribution in [1.29, 1.82) is 0 Å². The zero-order valence-corrected chi connectivity index (χ0v) is 27.7. The van der Waals surface area contributed by atoms with E-state index in [1.807, 2.05) is 54.6 Å². The minimum absolute atomic E-state index is 0.126. The summed E-state index contributed by atoms with van der Waals surface area (Å²) in [5.41, 5.74) is 2.31. The van der Waals surface area contributed by atoms with Gasteiger partial charge in [0.25, 0.3) is 11.8 Å². The summed E-state index contributed by atoms with van der Waals surface area (Å²) >= 11 is 1.37. The van der Waals surface area contributed by atoms with E-state index in [9.17, 15) is 18.8 Å². The summed E-state index contributed by atoms with van der Waals surface area (Å²) in [6.45, 7) is 2.75. The van der Waals surface area contributed by atoms with Crippen LogP contribution in [-0.2, 0) is 9.59 Å². The van der Waals surface area contributed by atoms with E-state index in [1.54, 1.807) is 66.7 Å². The van der Waals surface area contributed by atoms with Crippen molar-refractivity contribution in [2.75, 3.05) is 17.2 Å². The number of rotatable bonds is 14. The van der Waals surface area contributed by atoms with Gasteiger partial charge in [0, 0.05) is 27.4 Å². The van der Waals surface area contributed by atoms with Gasteiger partial charge < -0.3 is 20.7 Å². The Morgan fingerprint density at radius 3 is 2.04 bits per heavy atom. The summed E-state index contributed by atoms with van der Waals surface area (Å²) in [6, 6.07) is 38.2. The lowest BCUT2D eigenvalue weighted by Crippen LogP contribution is -2.30. The molecule has 0 spiro atoms. The topological polar surface area (TPSA) is 96.5 Å². The lowest BCUT2D eigenvalue weighted by molar-refractivity contribution is -0.116. The number of carbonyl (C=O) groups is 3. The molecule has 0 radical (unpaired) electrons. The van der Waals surface area contributed by atoms with E-state index in [1.165, 1.54) is 30.0 Å². The lowest BCUT2D eigenvalue weighted by Gasteiger charge is -2.18. The minimum Gasteiger partial charge on any atom is -0.494 e. The Morgan fingerprint density at radius 2 is 1.37 bits per heavy atom. The molecular formula is C40H36FN3O4S. The molecule has 7 nitrogen and oxygen atoms in total. The van der Waals surface area contributed by atoms with Crippen LogP contribution in [0.25, 0.3) is 6.08 Å². The van der Waals surface area contributed by atoms with E-state index in [4.69, 9.17) is 4.74 Å². The highest BCUT2D eigenvalue weighted by atomic mass is 32.2. The van der Waals surface area contributed by atoms with Gasteiger partial charge in [-0.3, -0.25) is 14.4 Å². The van der Waals surface area contributed by atoms with Crippen LogP contribution in [0.2, 0.25) is 0 Å². The molecule has 0 aliphatic rings. The van der Waals surface area contributed by atoms with Gasteiger partial charge in [-0.2, -0.15) is 0 Å². The second-order valence-corrected chi connectivity index (χ2v) is 12.2. The van der Waals surface area contributed by atoms with E-state index in [2.05, 4.69) is 22.9 Å². The zero-order chi connectivity index (χ0) is 34.4. The fourth-order valence-corrected chi connectivity index (χ4v) is 5.74. The summed E-state index contributed by atoms with van der Waals surface area (Å²) in [4.78, 5) is 40.7. The third-order valence-electron chi connectivity index (χ3n) is 7.33. The number of thioether (sulfide) groups is 1. The molecule has 3 amide bonds. The molecule has 0 aromatic heterocycles. The standard InChI is InChI=1S/C40H36FN3O4S/c1-2-3-26-48-33-22-18-31(19-23-33)43-40(47)37(28-12-6-4-7-13-28)49-34-24-20-32(21-25-34)42-39(46)36(27-30-16-10-11-17-35(30)41)44-38(45)29-14-8-5-9-15-29/h4-25,27,37H,2-3,26H2,1H3,(H,42,46)(H,43,47)(H,44,45)/b36-27-. The second kappa shape index (κ2) is 17.5. The maximum Gasteiger partial charge on any atom is 0.272 e. The zero-order valence-electron chi connectivity index (χ0n) is 26.9. The van der Waals surface area contributed by atoms with E-state index in [0.717, 1.165) is 29.1 Å². The van der Waals surface area contributed by atoms with Gasteiger partial charge in [0.05, 0.1) is 6.61 Å². The Kier molecular flexibility index (Phi) is 12.4. The van der Waals surface area contributed by atoms with Crippen molar-refractivity contribution in [2.45, 2.75) is 29.9 Å². The summed E-state index contributed by atoms with van der Waals surface area (Å²) < 4.78 is 20.2. The molecule has 0 fully saturated rings. The fraction of sp³-hybridized carbons (Fsp3) is 0.125. The fourth-order valence-electron chi connectivity index (χ4n) is 4.72. The van der Waals surface area contributed by atoms with Crippen LogP contribution in [-0.4, -0.2) is 24.3 Å². The number of unbranched alkanes of at least 4 members (excludes halogenated alkanes) is 1. The molecule has 9 heteroatoms. The smallest absolute Gasteiger partial charge is 0.272 e. The van der Waals surface area contributed by atoms with Crippen LogP contribution in [0.1, 0.15) is 46.5 Å². The van der Waals surface area contributed by atoms with Crippen LogP contribution >= 0.6 is 11.8 Å². The molecule has 248 valence electrons. The Balaban J connectivity index is 1.29. The largest absolute Gasteiger partial charge is 0.494 e. The molecule has 0 aliphatic carbocycles. The maximum atomic E-state index is 14.5. The number of nitrogens with one attached hydrogen (secondary N) is 3. The van der Waals surface area contributed by atoms with Crippen molar-refractivity contribution in [1.82, 2.24) is 5.32 Å². The van der Waals surface area contributed by atoms with Crippen LogP contribution in [0.4, 0.5) is 15.8 Å². The summed E-state index contributed by atoms with van der Waals surface area (Å²) in [5.74, 6) is -1.11. The van der Waals surface area contributed by atoms with Crippen LogP contribution < -0.4 is 20.7 Å². The summed E-state index contributed by atoms with van der Waals surface area (Å²) in [5, 5.41) is 7.86. The highest BCUT2D eigenvalue weighted by molar-refractivity contribution is 8.00. The first-order valence-corrected chi connectivity index (χ1v) is 16.8. The number of benzene rings is 5. The average Bonchev–Trinajstić information content (AvgIpc) is 3.13. The van der Waals surface area contributed by atoms with Gasteiger partial charge in [-0.1, -0.05) is 80.1 Å². The van der Waals surface area contributed by atoms with Crippen molar-refractivity contribution in [3.8, 4) is 5.75 Å². The van der Waals surface area contributed by atoms with Crippen LogP contribution in [0.15, 0.2) is 144 Å². The lowest BCUT2D eigenvalue weighted by atomic mass is 10.1. The predicted molar refractivity (Wildman–Crippen MR) is 194 cm³/mol. The monoisotopic (exact) mass is 673 g/mol. The third-order valence-corrected chi connectivity index (χ3v) is 8.60. The van der Waals surface area contributed by atoms with E-state index in [-0.39, 0.29) is 17.2 Å². The molecule has 5 aromatic rings. The Labute approximate surface area is 289 Å². The minimum atomic E-state index is -0.628. The maximum absolute atomic E-state index is 14.5. The molecule has 5 aromatic carbocycles. The number of hydrogen-bond donors (Lipinski definition) is 3. The van der Waals surface area contributed by atoms with Crippen molar-refractivity contribution >= 4 is 46.9 Å². The van der Waals surface area contributed by atoms with Gasteiger partial charge in [0.1, 0.15) is 22.5 Å². The predicted octanol–water partition coefficient (Wildman–Crippen LogP) is 8.89. The first-order chi connectivity index (χ1) is 23.9. The van der Waals surface area contributed by atoms with Crippen LogP contribution in [0, 0.1) is 5.82 Å². The Morgan fingerprint density at radius 1 is 0.755 bits per heavy atom. The van der Waals surface area contributed by atoms with Gasteiger partial charge in [-0.05, 0) is 84.8 Å². The molecular weight excluding hydrogens is 638 g/mol. The van der Waals surface area contributed by atoms with Gasteiger partial charge in [-0.25, -0.2) is 4.39 Å². The number of carbonyl (C=O) groups excluding carboxylic acids is 3. The second-order valence-electron chi connectivity index (χ2n) is 11.0.